The first-order valence-corrected chi connectivity index (χ1v) is 5.58. The highest BCUT2D eigenvalue weighted by Crippen LogP contribution is 2.11. The highest BCUT2D eigenvalue weighted by atomic mass is 16.5. The predicted molar refractivity (Wildman–Crippen MR) is 64.1 cm³/mol. The summed E-state index contributed by atoms with van der Waals surface area (Å²) in [5, 5.41) is 0. The van der Waals surface area contributed by atoms with Gasteiger partial charge in [0, 0.05) is 5.69 Å². The van der Waals surface area contributed by atoms with Crippen molar-refractivity contribution in [1.82, 2.24) is 9.97 Å². The number of esters is 1. The number of furan rings is 1. The van der Waals surface area contributed by atoms with E-state index >= 15 is 0 Å². The molecule has 0 amide bonds. The van der Waals surface area contributed by atoms with Crippen molar-refractivity contribution in [2.75, 3.05) is 0 Å². The zero-order valence-corrected chi connectivity index (χ0v) is 10.6. The summed E-state index contributed by atoms with van der Waals surface area (Å²) in [4.78, 5) is 20.1. The second-order valence-electron chi connectivity index (χ2n) is 4.01. The van der Waals surface area contributed by atoms with Crippen LogP contribution in [0.5, 0.6) is 0 Å². The van der Waals surface area contributed by atoms with Crippen LogP contribution in [0.4, 0.5) is 0 Å². The molecule has 5 heteroatoms. The maximum atomic E-state index is 11.7. The van der Waals surface area contributed by atoms with Gasteiger partial charge in [0.2, 0.25) is 0 Å². The summed E-state index contributed by atoms with van der Waals surface area (Å²) < 4.78 is 10.2. The molecule has 0 bridgehead atoms. The van der Waals surface area contributed by atoms with E-state index in [9.17, 15) is 4.79 Å². The van der Waals surface area contributed by atoms with Crippen LogP contribution in [-0.4, -0.2) is 15.9 Å². The second kappa shape index (κ2) is 5.00. The molecule has 2 heterocycles. The monoisotopic (exact) mass is 246 g/mol. The third-order valence-corrected chi connectivity index (χ3v) is 2.45. The third-order valence-electron chi connectivity index (χ3n) is 2.45. The summed E-state index contributed by atoms with van der Waals surface area (Å²) in [6.07, 6.45) is 1.46. The summed E-state index contributed by atoms with van der Waals surface area (Å²) in [7, 11) is 0. The molecule has 0 aliphatic rings. The summed E-state index contributed by atoms with van der Waals surface area (Å²) >= 11 is 0. The summed E-state index contributed by atoms with van der Waals surface area (Å²) in [5.41, 5.74) is 1.99. The van der Waals surface area contributed by atoms with Gasteiger partial charge in [0.1, 0.15) is 23.8 Å². The lowest BCUT2D eigenvalue weighted by atomic mass is 10.3. The lowest BCUT2D eigenvalue weighted by molar-refractivity contribution is 0.0465. The van der Waals surface area contributed by atoms with Gasteiger partial charge < -0.3 is 9.15 Å². The van der Waals surface area contributed by atoms with Gasteiger partial charge in [0.25, 0.3) is 0 Å². The molecular weight excluding hydrogens is 232 g/mol. The fourth-order valence-electron chi connectivity index (χ4n) is 1.68. The highest BCUT2D eigenvalue weighted by Gasteiger charge is 2.13. The number of aromatic nitrogens is 2. The van der Waals surface area contributed by atoms with Gasteiger partial charge in [0.15, 0.2) is 0 Å². The summed E-state index contributed by atoms with van der Waals surface area (Å²) in [6.45, 7) is 5.53. The van der Waals surface area contributed by atoms with Crippen molar-refractivity contribution in [1.29, 1.82) is 0 Å². The van der Waals surface area contributed by atoms with E-state index in [0.29, 0.717) is 22.8 Å². The minimum absolute atomic E-state index is 0.133. The summed E-state index contributed by atoms with van der Waals surface area (Å²) in [5.74, 6) is 0.811. The highest BCUT2D eigenvalue weighted by molar-refractivity contribution is 5.90. The number of hydrogen-bond donors (Lipinski definition) is 0. The van der Waals surface area contributed by atoms with Crippen LogP contribution in [0.25, 0.3) is 0 Å². The van der Waals surface area contributed by atoms with E-state index in [4.69, 9.17) is 9.15 Å². The van der Waals surface area contributed by atoms with E-state index < -0.39 is 5.97 Å². The third kappa shape index (κ3) is 2.74. The molecule has 5 nitrogen and oxygen atoms in total. The standard InChI is InChI=1S/C13H14N2O3/c1-8-6-11(15-10(3)14-8)7-18-13(16)12-4-5-17-9(12)2/h4-6H,7H2,1-3H3. The predicted octanol–water partition coefficient (Wildman–Crippen LogP) is 2.35. The molecule has 94 valence electrons. The van der Waals surface area contributed by atoms with Crippen LogP contribution in [0.2, 0.25) is 0 Å². The molecular formula is C13H14N2O3. The minimum Gasteiger partial charge on any atom is -0.469 e. The molecule has 2 rings (SSSR count). The van der Waals surface area contributed by atoms with E-state index in [2.05, 4.69) is 9.97 Å². The number of carbonyl (C=O) groups is 1. The molecule has 0 spiro atoms. The Morgan fingerprint density at radius 1 is 1.33 bits per heavy atom. The van der Waals surface area contributed by atoms with Gasteiger partial charge in [-0.2, -0.15) is 0 Å². The normalized spacial score (nSPS) is 10.4. The largest absolute Gasteiger partial charge is 0.469 e. The quantitative estimate of drug-likeness (QED) is 0.778. The Hall–Kier alpha value is -2.17. The molecule has 0 atom stereocenters. The minimum atomic E-state index is -0.407. The number of ether oxygens (including phenoxy) is 1. The Labute approximate surface area is 105 Å². The van der Waals surface area contributed by atoms with Gasteiger partial charge in [0.05, 0.1) is 12.0 Å². The number of aryl methyl sites for hydroxylation is 3. The van der Waals surface area contributed by atoms with Crippen molar-refractivity contribution in [3.05, 3.63) is 46.9 Å². The van der Waals surface area contributed by atoms with Crippen molar-refractivity contribution < 1.29 is 13.9 Å². The molecule has 0 fully saturated rings. The van der Waals surface area contributed by atoms with Crippen molar-refractivity contribution in [2.24, 2.45) is 0 Å². The average Bonchev–Trinajstić information content (AvgIpc) is 2.71. The van der Waals surface area contributed by atoms with Gasteiger partial charge in [-0.25, -0.2) is 14.8 Å². The van der Waals surface area contributed by atoms with Crippen molar-refractivity contribution in [3.8, 4) is 0 Å². The zero-order valence-electron chi connectivity index (χ0n) is 10.6. The van der Waals surface area contributed by atoms with E-state index in [-0.39, 0.29) is 6.61 Å². The van der Waals surface area contributed by atoms with Crippen molar-refractivity contribution >= 4 is 5.97 Å². The van der Waals surface area contributed by atoms with E-state index in [1.807, 2.05) is 6.92 Å². The van der Waals surface area contributed by atoms with Crippen LogP contribution in [0, 0.1) is 20.8 Å². The Bertz CT molecular complexity index is 555. The molecule has 0 saturated carbocycles. The molecule has 2 aromatic heterocycles. The first kappa shape index (κ1) is 12.3. The molecule has 18 heavy (non-hydrogen) atoms. The Kier molecular flexibility index (Phi) is 3.41. The lowest BCUT2D eigenvalue weighted by Crippen LogP contribution is -2.07. The number of nitrogens with zero attached hydrogens (tertiary/aromatic N) is 2. The summed E-state index contributed by atoms with van der Waals surface area (Å²) in [6, 6.07) is 3.39. The van der Waals surface area contributed by atoms with Crippen molar-refractivity contribution in [3.63, 3.8) is 0 Å². The van der Waals surface area contributed by atoms with Gasteiger partial charge in [-0.3, -0.25) is 0 Å². The SMILES string of the molecule is Cc1cc(COC(=O)c2ccoc2C)nc(C)n1. The van der Waals surface area contributed by atoms with Crippen LogP contribution in [0.15, 0.2) is 22.8 Å². The second-order valence-corrected chi connectivity index (χ2v) is 4.01. The molecule has 2 aromatic rings. The molecule has 0 N–H and O–H groups in total. The number of rotatable bonds is 3. The molecule has 0 saturated heterocycles. The Morgan fingerprint density at radius 2 is 2.11 bits per heavy atom. The topological polar surface area (TPSA) is 65.2 Å². The number of hydrogen-bond acceptors (Lipinski definition) is 5. The number of carbonyl (C=O) groups excluding carboxylic acids is 1. The van der Waals surface area contributed by atoms with E-state index in [1.165, 1.54) is 6.26 Å². The van der Waals surface area contributed by atoms with E-state index in [1.54, 1.807) is 26.0 Å². The molecule has 0 radical (unpaired) electrons. The smallest absolute Gasteiger partial charge is 0.342 e. The van der Waals surface area contributed by atoms with Crippen LogP contribution in [0.3, 0.4) is 0 Å². The Morgan fingerprint density at radius 3 is 2.72 bits per heavy atom. The van der Waals surface area contributed by atoms with Crippen LogP contribution < -0.4 is 0 Å². The van der Waals surface area contributed by atoms with Crippen LogP contribution >= 0.6 is 0 Å². The lowest BCUT2D eigenvalue weighted by Gasteiger charge is -2.05. The van der Waals surface area contributed by atoms with Crippen LogP contribution in [-0.2, 0) is 11.3 Å². The van der Waals surface area contributed by atoms with Gasteiger partial charge in [-0.15, -0.1) is 0 Å². The van der Waals surface area contributed by atoms with Crippen molar-refractivity contribution in [2.45, 2.75) is 27.4 Å². The molecule has 0 aliphatic heterocycles. The van der Waals surface area contributed by atoms with E-state index in [0.717, 1.165) is 5.69 Å². The van der Waals surface area contributed by atoms with Crippen LogP contribution in [0.1, 0.15) is 33.3 Å². The first-order chi connectivity index (χ1) is 8.56. The maximum Gasteiger partial charge on any atom is 0.342 e. The fourth-order valence-corrected chi connectivity index (χ4v) is 1.68. The van der Waals surface area contributed by atoms with Gasteiger partial charge in [-0.1, -0.05) is 0 Å². The molecule has 0 aliphatic carbocycles. The fraction of sp³-hybridized carbons (Fsp3) is 0.308. The maximum absolute atomic E-state index is 11.7. The van der Waals surface area contributed by atoms with Gasteiger partial charge >= 0.3 is 5.97 Å². The molecule has 0 unspecified atom stereocenters. The van der Waals surface area contributed by atoms with Gasteiger partial charge in [-0.05, 0) is 32.9 Å². The Balaban J connectivity index is 2.04. The average molecular weight is 246 g/mol. The molecule has 0 aromatic carbocycles. The first-order valence-electron chi connectivity index (χ1n) is 5.58. The zero-order chi connectivity index (χ0) is 13.1.